The monoisotopic (exact) mass is 245 g/mol. The van der Waals surface area contributed by atoms with Crippen LogP contribution in [-0.2, 0) is 4.74 Å². The standard InChI is InChI=1S/C11H23N3OS/c1-2-8-15-9-7-13-3-5-14(6-4-13)10-11(12)16/h2-10H2,1H3,(H2,12,16). The van der Waals surface area contributed by atoms with Crippen LogP contribution in [0, 0.1) is 0 Å². The Labute approximate surface area is 104 Å². The lowest BCUT2D eigenvalue weighted by Crippen LogP contribution is -2.49. The van der Waals surface area contributed by atoms with Crippen LogP contribution in [0.4, 0.5) is 0 Å². The number of nitrogens with two attached hydrogens (primary N) is 1. The van der Waals surface area contributed by atoms with E-state index in [0.29, 0.717) is 4.99 Å². The lowest BCUT2D eigenvalue weighted by molar-refractivity contribution is 0.0799. The molecule has 1 rings (SSSR count). The molecule has 0 unspecified atom stereocenters. The first-order valence-corrected chi connectivity index (χ1v) is 6.44. The molecule has 1 aliphatic heterocycles. The Morgan fingerprint density at radius 1 is 1.19 bits per heavy atom. The van der Waals surface area contributed by atoms with Crippen LogP contribution in [0.25, 0.3) is 0 Å². The molecule has 4 nitrogen and oxygen atoms in total. The molecule has 1 saturated heterocycles. The Morgan fingerprint density at radius 2 is 1.81 bits per heavy atom. The molecular formula is C11H23N3OS. The normalized spacial score (nSPS) is 18.8. The molecule has 1 fully saturated rings. The number of rotatable bonds is 7. The van der Waals surface area contributed by atoms with Gasteiger partial charge in [0, 0.05) is 45.9 Å². The van der Waals surface area contributed by atoms with Gasteiger partial charge in [-0.2, -0.15) is 0 Å². The summed E-state index contributed by atoms with van der Waals surface area (Å²) in [5.41, 5.74) is 5.53. The summed E-state index contributed by atoms with van der Waals surface area (Å²) in [6.07, 6.45) is 1.10. The van der Waals surface area contributed by atoms with Crippen LogP contribution in [0.3, 0.4) is 0 Å². The SMILES string of the molecule is CCCOCCN1CCN(CC(N)=S)CC1. The van der Waals surface area contributed by atoms with Crippen molar-refractivity contribution < 1.29 is 4.74 Å². The highest BCUT2D eigenvalue weighted by Crippen LogP contribution is 2.01. The van der Waals surface area contributed by atoms with E-state index >= 15 is 0 Å². The molecule has 0 atom stereocenters. The number of thiocarbonyl (C=S) groups is 1. The molecule has 16 heavy (non-hydrogen) atoms. The van der Waals surface area contributed by atoms with Gasteiger partial charge in [-0.1, -0.05) is 19.1 Å². The van der Waals surface area contributed by atoms with E-state index in [2.05, 4.69) is 16.7 Å². The third-order valence-corrected chi connectivity index (χ3v) is 2.87. The summed E-state index contributed by atoms with van der Waals surface area (Å²) in [6.45, 7) is 9.97. The molecule has 0 amide bonds. The van der Waals surface area contributed by atoms with Crippen molar-refractivity contribution in [3.8, 4) is 0 Å². The van der Waals surface area contributed by atoms with Crippen LogP contribution in [0.15, 0.2) is 0 Å². The maximum absolute atomic E-state index is 5.53. The van der Waals surface area contributed by atoms with Crippen LogP contribution >= 0.6 is 12.2 Å². The van der Waals surface area contributed by atoms with E-state index in [1.807, 2.05) is 0 Å². The third-order valence-electron chi connectivity index (χ3n) is 2.74. The number of hydrogen-bond donors (Lipinski definition) is 1. The summed E-state index contributed by atoms with van der Waals surface area (Å²) in [6, 6.07) is 0. The highest BCUT2D eigenvalue weighted by Gasteiger charge is 2.16. The first-order valence-electron chi connectivity index (χ1n) is 6.03. The van der Waals surface area contributed by atoms with E-state index in [1.165, 1.54) is 0 Å². The molecule has 1 aliphatic rings. The van der Waals surface area contributed by atoms with Crippen molar-refractivity contribution in [1.82, 2.24) is 9.80 Å². The molecular weight excluding hydrogens is 222 g/mol. The van der Waals surface area contributed by atoms with Gasteiger partial charge in [0.05, 0.1) is 11.6 Å². The Morgan fingerprint density at radius 3 is 2.38 bits per heavy atom. The molecule has 94 valence electrons. The van der Waals surface area contributed by atoms with Crippen molar-refractivity contribution in [1.29, 1.82) is 0 Å². The Kier molecular flexibility index (Phi) is 6.87. The van der Waals surface area contributed by atoms with Crippen LogP contribution in [0.2, 0.25) is 0 Å². The average Bonchev–Trinajstić information content (AvgIpc) is 2.26. The average molecular weight is 245 g/mol. The van der Waals surface area contributed by atoms with Gasteiger partial charge in [0.2, 0.25) is 0 Å². The minimum absolute atomic E-state index is 0.597. The largest absolute Gasteiger partial charge is 0.392 e. The zero-order chi connectivity index (χ0) is 11.8. The van der Waals surface area contributed by atoms with Gasteiger partial charge in [-0.15, -0.1) is 0 Å². The smallest absolute Gasteiger partial charge is 0.0870 e. The summed E-state index contributed by atoms with van der Waals surface area (Å²) < 4.78 is 5.48. The van der Waals surface area contributed by atoms with Crippen molar-refractivity contribution in [3.63, 3.8) is 0 Å². The number of piperazine rings is 1. The zero-order valence-corrected chi connectivity index (χ0v) is 11.0. The number of hydrogen-bond acceptors (Lipinski definition) is 4. The van der Waals surface area contributed by atoms with E-state index < -0.39 is 0 Å². The van der Waals surface area contributed by atoms with Gasteiger partial charge in [-0.05, 0) is 6.42 Å². The molecule has 0 aliphatic carbocycles. The summed E-state index contributed by atoms with van der Waals surface area (Å²) in [4.78, 5) is 5.34. The van der Waals surface area contributed by atoms with Crippen molar-refractivity contribution in [2.75, 3.05) is 52.5 Å². The summed E-state index contributed by atoms with van der Waals surface area (Å²) in [5.74, 6) is 0. The second kappa shape index (κ2) is 7.95. The quantitative estimate of drug-likeness (QED) is 0.517. The minimum atomic E-state index is 0.597. The van der Waals surface area contributed by atoms with Gasteiger partial charge in [-0.25, -0.2) is 0 Å². The van der Waals surface area contributed by atoms with E-state index in [9.17, 15) is 0 Å². The fourth-order valence-electron chi connectivity index (χ4n) is 1.83. The number of ether oxygens (including phenoxy) is 1. The molecule has 0 aromatic rings. The van der Waals surface area contributed by atoms with E-state index in [0.717, 1.165) is 58.9 Å². The maximum atomic E-state index is 5.53. The predicted molar refractivity (Wildman–Crippen MR) is 70.8 cm³/mol. The molecule has 0 spiro atoms. The molecule has 0 saturated carbocycles. The zero-order valence-electron chi connectivity index (χ0n) is 10.2. The predicted octanol–water partition coefficient (Wildman–Crippen LogP) is 0.317. The molecule has 1 heterocycles. The van der Waals surface area contributed by atoms with E-state index in [-0.39, 0.29) is 0 Å². The van der Waals surface area contributed by atoms with Gasteiger partial charge in [-0.3, -0.25) is 9.80 Å². The van der Waals surface area contributed by atoms with Gasteiger partial charge >= 0.3 is 0 Å². The fourth-order valence-corrected chi connectivity index (χ4v) is 2.01. The molecule has 0 radical (unpaired) electrons. The molecule has 5 heteroatoms. The first kappa shape index (κ1) is 13.8. The van der Waals surface area contributed by atoms with Crippen LogP contribution in [-0.4, -0.2) is 67.3 Å². The Balaban J connectivity index is 2.05. The lowest BCUT2D eigenvalue weighted by atomic mass is 10.3. The van der Waals surface area contributed by atoms with Gasteiger partial charge in [0.1, 0.15) is 0 Å². The van der Waals surface area contributed by atoms with Crippen LogP contribution in [0.1, 0.15) is 13.3 Å². The van der Waals surface area contributed by atoms with Gasteiger partial charge in [0.15, 0.2) is 0 Å². The molecule has 0 aromatic carbocycles. The van der Waals surface area contributed by atoms with Crippen molar-refractivity contribution in [2.45, 2.75) is 13.3 Å². The van der Waals surface area contributed by atoms with Gasteiger partial charge < -0.3 is 10.5 Å². The Bertz CT molecular complexity index is 205. The lowest BCUT2D eigenvalue weighted by Gasteiger charge is -2.34. The maximum Gasteiger partial charge on any atom is 0.0870 e. The van der Waals surface area contributed by atoms with Crippen LogP contribution < -0.4 is 5.73 Å². The third kappa shape index (κ3) is 5.75. The second-order valence-electron chi connectivity index (χ2n) is 4.20. The van der Waals surface area contributed by atoms with E-state index in [1.54, 1.807) is 0 Å². The minimum Gasteiger partial charge on any atom is -0.392 e. The Hall–Kier alpha value is -0.230. The molecule has 2 N–H and O–H groups in total. The van der Waals surface area contributed by atoms with Crippen molar-refractivity contribution in [2.24, 2.45) is 5.73 Å². The fraction of sp³-hybridized carbons (Fsp3) is 0.909. The highest BCUT2D eigenvalue weighted by atomic mass is 32.1. The van der Waals surface area contributed by atoms with E-state index in [4.69, 9.17) is 22.7 Å². The topological polar surface area (TPSA) is 41.7 Å². The van der Waals surface area contributed by atoms with Gasteiger partial charge in [0.25, 0.3) is 0 Å². The highest BCUT2D eigenvalue weighted by molar-refractivity contribution is 7.80. The van der Waals surface area contributed by atoms with Crippen molar-refractivity contribution in [3.05, 3.63) is 0 Å². The second-order valence-corrected chi connectivity index (χ2v) is 4.72. The molecule has 0 aromatic heterocycles. The number of nitrogens with zero attached hydrogens (tertiary/aromatic N) is 2. The summed E-state index contributed by atoms with van der Waals surface area (Å²) in [7, 11) is 0. The first-order chi connectivity index (χ1) is 7.72. The summed E-state index contributed by atoms with van der Waals surface area (Å²) >= 11 is 4.91. The molecule has 0 bridgehead atoms. The van der Waals surface area contributed by atoms with Crippen LogP contribution in [0.5, 0.6) is 0 Å². The summed E-state index contributed by atoms with van der Waals surface area (Å²) in [5, 5.41) is 0. The van der Waals surface area contributed by atoms with Crippen molar-refractivity contribution >= 4 is 17.2 Å².